The molecule has 0 aliphatic heterocycles. The molecule has 0 aliphatic rings. The number of hydrogen-bond donors (Lipinski definition) is 2. The van der Waals surface area contributed by atoms with E-state index in [1.807, 2.05) is 0 Å². The summed E-state index contributed by atoms with van der Waals surface area (Å²) in [6.07, 6.45) is 1.33. The minimum Gasteiger partial charge on any atom is -0.434 e. The lowest BCUT2D eigenvalue weighted by Gasteiger charge is -2.09. The third-order valence-corrected chi connectivity index (χ3v) is 2.49. The van der Waals surface area contributed by atoms with Crippen LogP contribution in [0.15, 0.2) is 35.6 Å². The van der Waals surface area contributed by atoms with Crippen molar-refractivity contribution in [2.45, 2.75) is 0 Å². The molecule has 3 N–H and O–H groups in total. The highest BCUT2D eigenvalue weighted by Crippen LogP contribution is 2.28. The number of halogens is 2. The Morgan fingerprint density at radius 3 is 2.95 bits per heavy atom. The zero-order valence-corrected chi connectivity index (χ0v) is 10.2. The molecule has 19 heavy (non-hydrogen) atoms. The summed E-state index contributed by atoms with van der Waals surface area (Å²) in [5.74, 6) is -1.20. The molecule has 2 rings (SSSR count). The monoisotopic (exact) mass is 282 g/mol. The summed E-state index contributed by atoms with van der Waals surface area (Å²) < 4.78 is 18.9. The van der Waals surface area contributed by atoms with Gasteiger partial charge in [-0.1, -0.05) is 22.8 Å². The molecule has 8 heteroatoms. The number of oxime groups is 1. The molecule has 0 atom stereocenters. The van der Waals surface area contributed by atoms with Gasteiger partial charge in [0, 0.05) is 0 Å². The van der Waals surface area contributed by atoms with Gasteiger partial charge < -0.3 is 15.7 Å². The minimum atomic E-state index is -0.736. The SMILES string of the molecule is N/C(=N/O)c1ccnnc1Oc1cccc(Cl)c1F. The van der Waals surface area contributed by atoms with E-state index < -0.39 is 5.82 Å². The Balaban J connectivity index is 2.42. The molecular formula is C11H8ClFN4O2. The first-order chi connectivity index (χ1) is 9.13. The van der Waals surface area contributed by atoms with Gasteiger partial charge in [0.15, 0.2) is 17.4 Å². The Bertz CT molecular complexity index is 636. The smallest absolute Gasteiger partial charge is 0.250 e. The molecule has 0 amide bonds. The Labute approximate surface area is 112 Å². The van der Waals surface area contributed by atoms with Gasteiger partial charge in [0.25, 0.3) is 0 Å². The molecule has 0 bridgehead atoms. The van der Waals surface area contributed by atoms with E-state index in [0.29, 0.717) is 0 Å². The van der Waals surface area contributed by atoms with E-state index in [2.05, 4.69) is 15.4 Å². The van der Waals surface area contributed by atoms with Gasteiger partial charge in [-0.25, -0.2) is 4.39 Å². The molecule has 0 saturated carbocycles. The second-order valence-corrected chi connectivity index (χ2v) is 3.80. The molecule has 98 valence electrons. The van der Waals surface area contributed by atoms with Crippen LogP contribution in [0.2, 0.25) is 5.02 Å². The van der Waals surface area contributed by atoms with E-state index in [0.717, 1.165) is 0 Å². The molecule has 1 heterocycles. The maximum atomic E-state index is 13.7. The van der Waals surface area contributed by atoms with Crippen molar-refractivity contribution in [2.24, 2.45) is 10.9 Å². The molecule has 2 aromatic rings. The van der Waals surface area contributed by atoms with Gasteiger partial charge in [0.2, 0.25) is 5.88 Å². The highest BCUT2D eigenvalue weighted by Gasteiger charge is 2.14. The van der Waals surface area contributed by atoms with Crippen molar-refractivity contribution in [1.82, 2.24) is 10.2 Å². The average Bonchev–Trinajstić information content (AvgIpc) is 2.43. The summed E-state index contributed by atoms with van der Waals surface area (Å²) in [6, 6.07) is 5.68. The molecule has 1 aromatic heterocycles. The van der Waals surface area contributed by atoms with Gasteiger partial charge in [0.1, 0.15) is 0 Å². The van der Waals surface area contributed by atoms with Gasteiger partial charge in [-0.05, 0) is 18.2 Å². The maximum Gasteiger partial charge on any atom is 0.250 e. The normalized spacial score (nSPS) is 11.4. The van der Waals surface area contributed by atoms with Crippen molar-refractivity contribution < 1.29 is 14.3 Å². The summed E-state index contributed by atoms with van der Waals surface area (Å²) in [6.45, 7) is 0. The summed E-state index contributed by atoms with van der Waals surface area (Å²) in [7, 11) is 0. The Kier molecular flexibility index (Phi) is 3.76. The van der Waals surface area contributed by atoms with Crippen molar-refractivity contribution in [3.05, 3.63) is 46.9 Å². The molecular weight excluding hydrogens is 275 g/mol. The number of nitrogens with two attached hydrogens (primary N) is 1. The van der Waals surface area contributed by atoms with E-state index in [1.54, 1.807) is 0 Å². The molecule has 6 nitrogen and oxygen atoms in total. The number of rotatable bonds is 3. The molecule has 0 spiro atoms. The number of benzene rings is 1. The molecule has 0 fully saturated rings. The average molecular weight is 283 g/mol. The first-order valence-electron chi connectivity index (χ1n) is 5.05. The Hall–Kier alpha value is -2.41. The van der Waals surface area contributed by atoms with Gasteiger partial charge in [-0.3, -0.25) is 0 Å². The summed E-state index contributed by atoms with van der Waals surface area (Å²) in [5, 5.41) is 18.6. The number of hydrogen-bond acceptors (Lipinski definition) is 5. The van der Waals surface area contributed by atoms with Crippen molar-refractivity contribution in [3.8, 4) is 11.6 Å². The third kappa shape index (κ3) is 2.71. The lowest BCUT2D eigenvalue weighted by Crippen LogP contribution is -2.15. The highest BCUT2D eigenvalue weighted by atomic mass is 35.5. The van der Waals surface area contributed by atoms with E-state index in [9.17, 15) is 4.39 Å². The number of ether oxygens (including phenoxy) is 1. The topological polar surface area (TPSA) is 93.6 Å². The van der Waals surface area contributed by atoms with Crippen molar-refractivity contribution in [1.29, 1.82) is 0 Å². The first-order valence-corrected chi connectivity index (χ1v) is 5.42. The molecule has 0 radical (unpaired) electrons. The predicted molar refractivity (Wildman–Crippen MR) is 66.0 cm³/mol. The lowest BCUT2D eigenvalue weighted by molar-refractivity contribution is 0.318. The third-order valence-electron chi connectivity index (χ3n) is 2.19. The van der Waals surface area contributed by atoms with Gasteiger partial charge in [-0.15, -0.1) is 5.10 Å². The molecule has 0 saturated heterocycles. The van der Waals surface area contributed by atoms with Crippen LogP contribution in [0.1, 0.15) is 5.56 Å². The summed E-state index contributed by atoms with van der Waals surface area (Å²) in [5.41, 5.74) is 5.63. The van der Waals surface area contributed by atoms with E-state index in [4.69, 9.17) is 27.3 Å². The zero-order valence-electron chi connectivity index (χ0n) is 9.42. The van der Waals surface area contributed by atoms with E-state index in [1.165, 1.54) is 30.5 Å². The van der Waals surface area contributed by atoms with Gasteiger partial charge in [-0.2, -0.15) is 5.10 Å². The predicted octanol–water partition coefficient (Wildman–Crippen LogP) is 2.16. The Morgan fingerprint density at radius 2 is 2.21 bits per heavy atom. The molecule has 0 aliphatic carbocycles. The van der Waals surface area contributed by atoms with Crippen molar-refractivity contribution in [2.75, 3.05) is 0 Å². The van der Waals surface area contributed by atoms with Crippen LogP contribution in [0.3, 0.4) is 0 Å². The van der Waals surface area contributed by atoms with Crippen LogP contribution in [-0.2, 0) is 0 Å². The van der Waals surface area contributed by atoms with Crippen LogP contribution in [0.25, 0.3) is 0 Å². The second kappa shape index (κ2) is 5.49. The maximum absolute atomic E-state index is 13.7. The van der Waals surface area contributed by atoms with Crippen LogP contribution in [0.5, 0.6) is 11.6 Å². The summed E-state index contributed by atoms with van der Waals surface area (Å²) in [4.78, 5) is 0. The largest absolute Gasteiger partial charge is 0.434 e. The van der Waals surface area contributed by atoms with Crippen molar-refractivity contribution in [3.63, 3.8) is 0 Å². The second-order valence-electron chi connectivity index (χ2n) is 3.39. The van der Waals surface area contributed by atoms with E-state index >= 15 is 0 Å². The molecule has 0 unspecified atom stereocenters. The molecule has 1 aromatic carbocycles. The van der Waals surface area contributed by atoms with Crippen LogP contribution in [0.4, 0.5) is 4.39 Å². The van der Waals surface area contributed by atoms with Crippen LogP contribution in [-0.4, -0.2) is 21.2 Å². The Morgan fingerprint density at radius 1 is 1.42 bits per heavy atom. The fraction of sp³-hybridized carbons (Fsp3) is 0. The standard InChI is InChI=1S/C11H8ClFN4O2/c12-7-2-1-3-8(9(7)13)19-11-6(10(14)17-18)4-5-15-16-11/h1-5,18H,(H2,14,17). The van der Waals surface area contributed by atoms with Crippen LogP contribution < -0.4 is 10.5 Å². The first kappa shape index (κ1) is 13.0. The fourth-order valence-electron chi connectivity index (χ4n) is 1.31. The number of amidine groups is 1. The van der Waals surface area contributed by atoms with Gasteiger partial charge >= 0.3 is 0 Å². The van der Waals surface area contributed by atoms with E-state index in [-0.39, 0.29) is 28.1 Å². The highest BCUT2D eigenvalue weighted by molar-refractivity contribution is 6.30. The lowest BCUT2D eigenvalue weighted by atomic mass is 10.2. The fourth-order valence-corrected chi connectivity index (χ4v) is 1.48. The van der Waals surface area contributed by atoms with Crippen LogP contribution in [0, 0.1) is 5.82 Å². The number of aromatic nitrogens is 2. The zero-order chi connectivity index (χ0) is 13.8. The minimum absolute atomic E-state index is 0.0910. The summed E-state index contributed by atoms with van der Waals surface area (Å²) >= 11 is 5.63. The van der Waals surface area contributed by atoms with Crippen molar-refractivity contribution >= 4 is 17.4 Å². The van der Waals surface area contributed by atoms with Gasteiger partial charge in [0.05, 0.1) is 16.8 Å². The number of nitrogens with zero attached hydrogens (tertiary/aromatic N) is 3. The van der Waals surface area contributed by atoms with Crippen LogP contribution >= 0.6 is 11.6 Å². The quantitative estimate of drug-likeness (QED) is 0.389.